The lowest BCUT2D eigenvalue weighted by Gasteiger charge is -2.13. The third kappa shape index (κ3) is 2.22. The molecule has 0 saturated carbocycles. The van der Waals surface area contributed by atoms with Gasteiger partial charge in [0, 0.05) is 0 Å². The summed E-state index contributed by atoms with van der Waals surface area (Å²) < 4.78 is 21.9. The number of rotatable bonds is 1. The Balaban J connectivity index is 1.91. The maximum Gasteiger partial charge on any atom is 0.167 e. The Hall–Kier alpha value is 0.320. The molecule has 0 aromatic heterocycles. The second kappa shape index (κ2) is 4.23. The number of fused-ring (bicyclic) bond motifs is 1. The van der Waals surface area contributed by atoms with E-state index in [1.807, 2.05) is 6.92 Å². The van der Waals surface area contributed by atoms with E-state index in [0.29, 0.717) is 18.5 Å². The first-order chi connectivity index (χ1) is 6.29. The lowest BCUT2D eigenvalue weighted by atomic mass is 10.2. The second-order valence-corrected chi connectivity index (χ2v) is 3.81. The normalized spacial score (nSPS) is 45.7. The lowest BCUT2D eigenvalue weighted by Crippen LogP contribution is -2.27. The Morgan fingerprint density at radius 3 is 2.15 bits per heavy atom. The molecule has 2 rings (SSSR count). The van der Waals surface area contributed by atoms with Crippen LogP contribution in [-0.4, -0.2) is 43.3 Å². The fourth-order valence-corrected chi connectivity index (χ4v) is 1.91. The highest BCUT2D eigenvalue weighted by Gasteiger charge is 2.37. The summed E-state index contributed by atoms with van der Waals surface area (Å²) in [6.45, 7) is 2.98. The van der Waals surface area contributed by atoms with Crippen molar-refractivity contribution in [2.45, 2.75) is 31.7 Å². The van der Waals surface area contributed by atoms with E-state index in [-0.39, 0.29) is 24.8 Å². The van der Waals surface area contributed by atoms with Crippen LogP contribution in [0, 0.1) is 0 Å². The summed E-state index contributed by atoms with van der Waals surface area (Å²) in [6, 6.07) is 0. The van der Waals surface area contributed by atoms with Crippen molar-refractivity contribution in [2.24, 2.45) is 0 Å². The highest BCUT2D eigenvalue weighted by molar-refractivity contribution is 9.09. The summed E-state index contributed by atoms with van der Waals surface area (Å²) in [5.41, 5.74) is 0. The molecule has 0 amide bonds. The van der Waals surface area contributed by atoms with Gasteiger partial charge in [-0.3, -0.25) is 0 Å². The quantitative estimate of drug-likeness (QED) is 0.650. The molecule has 2 saturated heterocycles. The molecule has 76 valence electrons. The van der Waals surface area contributed by atoms with Crippen molar-refractivity contribution < 1.29 is 18.9 Å². The zero-order valence-electron chi connectivity index (χ0n) is 7.44. The molecule has 0 aromatic carbocycles. The number of hydrogen-bond donors (Lipinski definition) is 0. The smallest absolute Gasteiger partial charge is 0.167 e. The zero-order valence-corrected chi connectivity index (χ0v) is 9.03. The molecule has 5 heteroatoms. The van der Waals surface area contributed by atoms with Crippen LogP contribution in [0.1, 0.15) is 6.92 Å². The molecule has 0 radical (unpaired) electrons. The minimum atomic E-state index is -0.173. The third-order valence-corrected chi connectivity index (χ3v) is 2.69. The van der Waals surface area contributed by atoms with Crippen LogP contribution in [0.5, 0.6) is 0 Å². The molecule has 4 nitrogen and oxygen atoms in total. The van der Waals surface area contributed by atoms with Gasteiger partial charge in [0.05, 0.1) is 18.5 Å². The van der Waals surface area contributed by atoms with Crippen molar-refractivity contribution in [3.63, 3.8) is 0 Å². The lowest BCUT2D eigenvalue weighted by molar-refractivity contribution is -0.148. The Kier molecular flexibility index (Phi) is 3.21. The fourth-order valence-electron chi connectivity index (χ4n) is 1.53. The van der Waals surface area contributed by atoms with Gasteiger partial charge in [-0.25, -0.2) is 0 Å². The summed E-state index contributed by atoms with van der Waals surface area (Å²) in [7, 11) is 0. The van der Waals surface area contributed by atoms with Crippen LogP contribution in [0.4, 0.5) is 0 Å². The van der Waals surface area contributed by atoms with Crippen molar-refractivity contribution in [3.8, 4) is 0 Å². The zero-order chi connectivity index (χ0) is 9.26. The summed E-state index contributed by atoms with van der Waals surface area (Å²) in [5.74, 6) is 0. The molecule has 13 heavy (non-hydrogen) atoms. The second-order valence-electron chi connectivity index (χ2n) is 3.17. The van der Waals surface area contributed by atoms with Crippen LogP contribution >= 0.6 is 15.9 Å². The standard InChI is InChI=1S/C8H13BrO4/c1-5-12-6-3-10-8(2-9)11-4-7(6)13-5/h5-8H,2-4H2,1H3. The first-order valence-electron chi connectivity index (χ1n) is 4.39. The van der Waals surface area contributed by atoms with Crippen LogP contribution < -0.4 is 0 Å². The van der Waals surface area contributed by atoms with E-state index in [0.717, 1.165) is 0 Å². The van der Waals surface area contributed by atoms with E-state index in [1.54, 1.807) is 0 Å². The molecule has 2 aliphatic rings. The van der Waals surface area contributed by atoms with Crippen LogP contribution in [0.15, 0.2) is 0 Å². The minimum absolute atomic E-state index is 0.0269. The SMILES string of the molecule is CC1OC2COC(CBr)OCC2O1. The first kappa shape index (κ1) is 9.86. The van der Waals surface area contributed by atoms with Crippen LogP contribution in [0.2, 0.25) is 0 Å². The Labute approximate surface area is 85.6 Å². The van der Waals surface area contributed by atoms with Crippen molar-refractivity contribution in [1.82, 2.24) is 0 Å². The van der Waals surface area contributed by atoms with Crippen LogP contribution in [0.25, 0.3) is 0 Å². The Bertz CT molecular complexity index is 162. The molecule has 2 atom stereocenters. The van der Waals surface area contributed by atoms with E-state index in [4.69, 9.17) is 18.9 Å². The van der Waals surface area contributed by atoms with Crippen molar-refractivity contribution >= 4 is 15.9 Å². The van der Waals surface area contributed by atoms with Gasteiger partial charge in [-0.05, 0) is 6.92 Å². The third-order valence-electron chi connectivity index (χ3n) is 2.17. The molecule has 2 unspecified atom stereocenters. The van der Waals surface area contributed by atoms with Gasteiger partial charge in [-0.15, -0.1) is 0 Å². The fraction of sp³-hybridized carbons (Fsp3) is 1.00. The first-order valence-corrected chi connectivity index (χ1v) is 5.52. The van der Waals surface area contributed by atoms with Gasteiger partial charge in [0.2, 0.25) is 0 Å². The summed E-state index contributed by atoms with van der Waals surface area (Å²) in [4.78, 5) is 0. The topological polar surface area (TPSA) is 36.9 Å². The van der Waals surface area contributed by atoms with Crippen molar-refractivity contribution in [1.29, 1.82) is 0 Å². The number of hydrogen-bond acceptors (Lipinski definition) is 4. The average molecular weight is 253 g/mol. The van der Waals surface area contributed by atoms with E-state index in [9.17, 15) is 0 Å². The summed E-state index contributed by atoms with van der Waals surface area (Å²) in [6.07, 6.45) is -0.256. The molecule has 0 aromatic rings. The molecule has 0 aliphatic carbocycles. The maximum atomic E-state index is 5.50. The molecular formula is C8H13BrO4. The Morgan fingerprint density at radius 2 is 1.69 bits per heavy atom. The van der Waals surface area contributed by atoms with Crippen molar-refractivity contribution in [3.05, 3.63) is 0 Å². The van der Waals surface area contributed by atoms with Gasteiger partial charge in [0.25, 0.3) is 0 Å². The van der Waals surface area contributed by atoms with E-state index in [1.165, 1.54) is 0 Å². The van der Waals surface area contributed by atoms with Gasteiger partial charge >= 0.3 is 0 Å². The van der Waals surface area contributed by atoms with E-state index in [2.05, 4.69) is 15.9 Å². The van der Waals surface area contributed by atoms with Crippen LogP contribution in [-0.2, 0) is 18.9 Å². The van der Waals surface area contributed by atoms with Crippen molar-refractivity contribution in [2.75, 3.05) is 18.5 Å². The van der Waals surface area contributed by atoms with E-state index >= 15 is 0 Å². The number of ether oxygens (including phenoxy) is 4. The van der Waals surface area contributed by atoms with Gasteiger partial charge in [0.1, 0.15) is 12.2 Å². The molecule has 2 aliphatic heterocycles. The van der Waals surface area contributed by atoms with E-state index < -0.39 is 0 Å². The average Bonchev–Trinajstić information content (AvgIpc) is 2.37. The van der Waals surface area contributed by atoms with Gasteiger partial charge in [-0.2, -0.15) is 0 Å². The summed E-state index contributed by atoms with van der Waals surface area (Å²) >= 11 is 3.31. The highest BCUT2D eigenvalue weighted by atomic mass is 79.9. The monoisotopic (exact) mass is 252 g/mol. The molecule has 2 fully saturated rings. The predicted molar refractivity (Wildman–Crippen MR) is 48.7 cm³/mol. The molecule has 0 bridgehead atoms. The Morgan fingerprint density at radius 1 is 1.15 bits per heavy atom. The number of alkyl halides is 1. The molecular weight excluding hydrogens is 240 g/mol. The summed E-state index contributed by atoms with van der Waals surface area (Å²) in [5, 5.41) is 0.683. The van der Waals surface area contributed by atoms with Crippen LogP contribution in [0.3, 0.4) is 0 Å². The largest absolute Gasteiger partial charge is 0.349 e. The maximum absolute atomic E-state index is 5.50. The molecule has 0 N–H and O–H groups in total. The predicted octanol–water partition coefficient (Wildman–Crippen LogP) is 0.884. The molecule has 0 spiro atoms. The van der Waals surface area contributed by atoms with Gasteiger partial charge in [-0.1, -0.05) is 15.9 Å². The number of halogens is 1. The van der Waals surface area contributed by atoms with Gasteiger partial charge in [0.15, 0.2) is 12.6 Å². The minimum Gasteiger partial charge on any atom is -0.349 e. The van der Waals surface area contributed by atoms with Gasteiger partial charge < -0.3 is 18.9 Å². The highest BCUT2D eigenvalue weighted by Crippen LogP contribution is 2.23. The molecule has 2 heterocycles.